The Labute approximate surface area is 170 Å². The molecular weight excluding hydrogens is 388 g/mol. The highest BCUT2D eigenvalue weighted by atomic mass is 19.1. The largest absolute Gasteiger partial charge is 0.450 e. The fraction of sp³-hybridized carbons (Fsp3) is 0.0833. The van der Waals surface area contributed by atoms with Crippen LogP contribution in [0.4, 0.5) is 14.5 Å². The first kappa shape index (κ1) is 18.2. The van der Waals surface area contributed by atoms with Crippen LogP contribution >= 0.6 is 0 Å². The van der Waals surface area contributed by atoms with Crippen LogP contribution in [0.5, 0.6) is 0 Å². The lowest BCUT2D eigenvalue weighted by molar-refractivity contribution is 0.0971. The van der Waals surface area contributed by atoms with Gasteiger partial charge in [-0.25, -0.2) is 8.78 Å². The summed E-state index contributed by atoms with van der Waals surface area (Å²) in [5.74, 6) is -1.87. The van der Waals surface area contributed by atoms with Gasteiger partial charge in [0.2, 0.25) is 5.76 Å². The van der Waals surface area contributed by atoms with Gasteiger partial charge < -0.3 is 4.42 Å². The van der Waals surface area contributed by atoms with Crippen LogP contribution in [0.3, 0.4) is 0 Å². The Bertz CT molecular complexity index is 1380. The third kappa shape index (κ3) is 2.64. The number of benzene rings is 3. The van der Waals surface area contributed by atoms with E-state index in [0.29, 0.717) is 5.69 Å². The van der Waals surface area contributed by atoms with E-state index in [1.54, 1.807) is 18.2 Å². The van der Waals surface area contributed by atoms with Gasteiger partial charge in [0.25, 0.3) is 5.91 Å². The van der Waals surface area contributed by atoms with Crippen molar-refractivity contribution in [3.8, 4) is 0 Å². The lowest BCUT2D eigenvalue weighted by Gasteiger charge is -2.25. The van der Waals surface area contributed by atoms with Crippen molar-refractivity contribution in [2.75, 3.05) is 4.90 Å². The van der Waals surface area contributed by atoms with E-state index in [1.165, 1.54) is 29.2 Å². The molecule has 2 heterocycles. The molecule has 0 saturated heterocycles. The van der Waals surface area contributed by atoms with Crippen molar-refractivity contribution in [2.24, 2.45) is 0 Å². The maximum absolute atomic E-state index is 14.8. The van der Waals surface area contributed by atoms with Gasteiger partial charge in [-0.2, -0.15) is 0 Å². The molecule has 0 spiro atoms. The van der Waals surface area contributed by atoms with Crippen LogP contribution in [-0.2, 0) is 0 Å². The van der Waals surface area contributed by atoms with E-state index in [1.807, 2.05) is 19.1 Å². The zero-order valence-corrected chi connectivity index (χ0v) is 15.9. The molecule has 30 heavy (non-hydrogen) atoms. The summed E-state index contributed by atoms with van der Waals surface area (Å²) in [5.41, 5.74) is 1.20. The van der Waals surface area contributed by atoms with E-state index in [-0.39, 0.29) is 27.9 Å². The molecule has 4 aromatic rings. The molecule has 4 nitrogen and oxygen atoms in total. The third-order valence-corrected chi connectivity index (χ3v) is 5.34. The lowest BCUT2D eigenvalue weighted by atomic mass is 9.97. The van der Waals surface area contributed by atoms with Crippen molar-refractivity contribution in [3.05, 3.63) is 111 Å². The normalized spacial score (nSPS) is 15.6. The summed E-state index contributed by atoms with van der Waals surface area (Å²) < 4.78 is 34.3. The van der Waals surface area contributed by atoms with E-state index in [0.717, 1.165) is 17.7 Å². The topological polar surface area (TPSA) is 50.5 Å². The molecule has 0 N–H and O–H groups in total. The predicted octanol–water partition coefficient (Wildman–Crippen LogP) is 5.13. The fourth-order valence-corrected chi connectivity index (χ4v) is 3.91. The lowest BCUT2D eigenvalue weighted by Crippen LogP contribution is -2.30. The van der Waals surface area contributed by atoms with Crippen molar-refractivity contribution >= 4 is 22.6 Å². The Morgan fingerprint density at radius 3 is 2.40 bits per heavy atom. The molecule has 0 radical (unpaired) electrons. The van der Waals surface area contributed by atoms with E-state index in [2.05, 4.69) is 0 Å². The van der Waals surface area contributed by atoms with Crippen LogP contribution in [0, 0.1) is 18.6 Å². The minimum atomic E-state index is -1.03. The molecule has 6 heteroatoms. The molecule has 0 bridgehead atoms. The quantitative estimate of drug-likeness (QED) is 0.466. The number of hydrogen-bond donors (Lipinski definition) is 0. The Hall–Kier alpha value is -3.80. The highest BCUT2D eigenvalue weighted by Gasteiger charge is 2.44. The minimum absolute atomic E-state index is 0.00350. The molecule has 1 aliphatic heterocycles. The molecule has 1 amide bonds. The van der Waals surface area contributed by atoms with E-state index < -0.39 is 29.0 Å². The van der Waals surface area contributed by atoms with Crippen LogP contribution < -0.4 is 10.3 Å². The Morgan fingerprint density at radius 2 is 1.67 bits per heavy atom. The molecule has 1 unspecified atom stereocenters. The van der Waals surface area contributed by atoms with Gasteiger partial charge in [-0.05, 0) is 43.3 Å². The van der Waals surface area contributed by atoms with Gasteiger partial charge in [0.05, 0.1) is 17.0 Å². The molecule has 5 rings (SSSR count). The molecule has 3 aromatic carbocycles. The smallest absolute Gasteiger partial charge is 0.295 e. The van der Waals surface area contributed by atoms with Gasteiger partial charge in [-0.3, -0.25) is 14.5 Å². The SMILES string of the molecule is Cc1ccc(N2C(=O)c3oc4ccc(F)cc4c(=O)c3C2c2ccccc2F)cc1. The number of anilines is 1. The van der Waals surface area contributed by atoms with Gasteiger partial charge in [0.1, 0.15) is 17.2 Å². The van der Waals surface area contributed by atoms with Crippen molar-refractivity contribution < 1.29 is 18.0 Å². The average molecular weight is 403 g/mol. The third-order valence-electron chi connectivity index (χ3n) is 5.34. The molecule has 1 atom stereocenters. The van der Waals surface area contributed by atoms with Gasteiger partial charge in [-0.1, -0.05) is 35.9 Å². The molecule has 1 aromatic heterocycles. The van der Waals surface area contributed by atoms with Crippen molar-refractivity contribution in [1.29, 1.82) is 0 Å². The standard InChI is InChI=1S/C24H15F2NO3/c1-13-6-9-15(10-7-13)27-21(16-4-2-3-5-18(16)26)20-22(28)17-12-14(25)8-11-19(17)30-23(20)24(27)29/h2-12,21H,1H3. The number of fused-ring (bicyclic) bond motifs is 2. The minimum Gasteiger partial charge on any atom is -0.450 e. The van der Waals surface area contributed by atoms with Gasteiger partial charge >= 0.3 is 0 Å². The molecule has 0 saturated carbocycles. The van der Waals surface area contributed by atoms with E-state index in [9.17, 15) is 18.4 Å². The number of amides is 1. The summed E-state index contributed by atoms with van der Waals surface area (Å²) in [4.78, 5) is 28.0. The Kier molecular flexibility index (Phi) is 4.03. The molecule has 0 fully saturated rings. The van der Waals surface area contributed by atoms with E-state index in [4.69, 9.17) is 4.42 Å². The highest BCUT2D eigenvalue weighted by molar-refractivity contribution is 6.10. The maximum atomic E-state index is 14.8. The van der Waals surface area contributed by atoms with Gasteiger partial charge in [0.15, 0.2) is 5.43 Å². The first-order chi connectivity index (χ1) is 14.5. The van der Waals surface area contributed by atoms with Crippen LogP contribution in [0.1, 0.15) is 33.3 Å². The molecule has 0 aliphatic carbocycles. The summed E-state index contributed by atoms with van der Waals surface area (Å²) in [5, 5.41) is 0.00801. The number of nitrogens with zero attached hydrogens (tertiary/aromatic N) is 1. The summed E-state index contributed by atoms with van der Waals surface area (Å²) in [6.07, 6.45) is 0. The zero-order chi connectivity index (χ0) is 21.0. The maximum Gasteiger partial charge on any atom is 0.295 e. The second-order valence-corrected chi connectivity index (χ2v) is 7.25. The monoisotopic (exact) mass is 403 g/mol. The summed E-state index contributed by atoms with van der Waals surface area (Å²) >= 11 is 0. The predicted molar refractivity (Wildman–Crippen MR) is 109 cm³/mol. The first-order valence-corrected chi connectivity index (χ1v) is 9.36. The Morgan fingerprint density at radius 1 is 0.933 bits per heavy atom. The van der Waals surface area contributed by atoms with Crippen molar-refractivity contribution in [1.82, 2.24) is 0 Å². The van der Waals surface area contributed by atoms with E-state index >= 15 is 0 Å². The average Bonchev–Trinajstić information content (AvgIpc) is 3.02. The molecular formula is C24H15F2NO3. The first-order valence-electron chi connectivity index (χ1n) is 9.36. The van der Waals surface area contributed by atoms with Crippen LogP contribution in [0.25, 0.3) is 11.0 Å². The second-order valence-electron chi connectivity index (χ2n) is 7.25. The van der Waals surface area contributed by atoms with Crippen molar-refractivity contribution in [2.45, 2.75) is 13.0 Å². The number of aryl methyl sites for hydroxylation is 1. The Balaban J connectivity index is 1.84. The summed E-state index contributed by atoms with van der Waals surface area (Å²) in [7, 11) is 0. The number of halogens is 2. The number of carbonyl (C=O) groups excluding carboxylic acids is 1. The zero-order valence-electron chi connectivity index (χ0n) is 15.9. The summed E-state index contributed by atoms with van der Waals surface area (Å²) in [6.45, 7) is 1.91. The van der Waals surface area contributed by atoms with Gasteiger partial charge in [-0.15, -0.1) is 0 Å². The van der Waals surface area contributed by atoms with Crippen LogP contribution in [0.2, 0.25) is 0 Å². The molecule has 148 valence electrons. The summed E-state index contributed by atoms with van der Waals surface area (Å²) in [6, 6.07) is 15.6. The molecule has 1 aliphatic rings. The van der Waals surface area contributed by atoms with Gasteiger partial charge in [0, 0.05) is 11.3 Å². The fourth-order valence-electron chi connectivity index (χ4n) is 3.91. The highest BCUT2D eigenvalue weighted by Crippen LogP contribution is 2.41. The number of hydrogen-bond acceptors (Lipinski definition) is 3. The number of carbonyl (C=O) groups is 1. The van der Waals surface area contributed by atoms with Crippen molar-refractivity contribution in [3.63, 3.8) is 0 Å². The van der Waals surface area contributed by atoms with Crippen LogP contribution in [0.15, 0.2) is 75.9 Å². The second kappa shape index (κ2) is 6.62. The number of rotatable bonds is 2. The van der Waals surface area contributed by atoms with Crippen LogP contribution in [-0.4, -0.2) is 5.91 Å².